The highest BCUT2D eigenvalue weighted by molar-refractivity contribution is 5.72. The van der Waals surface area contributed by atoms with Crippen molar-refractivity contribution in [3.63, 3.8) is 0 Å². The zero-order chi connectivity index (χ0) is 12.3. The summed E-state index contributed by atoms with van der Waals surface area (Å²) in [5.41, 5.74) is 4.40. The maximum absolute atomic E-state index is 9.16. The van der Waals surface area contributed by atoms with Gasteiger partial charge >= 0.3 is 0 Å². The van der Waals surface area contributed by atoms with Crippen molar-refractivity contribution in [1.82, 2.24) is 4.90 Å². The summed E-state index contributed by atoms with van der Waals surface area (Å²) in [5.74, 6) is 0. The number of allylic oxidation sites excluding steroid dienone is 3. The first-order valence-electron chi connectivity index (χ1n) is 5.75. The van der Waals surface area contributed by atoms with Crippen molar-refractivity contribution in [2.45, 2.75) is 6.92 Å². The Hall–Kier alpha value is -1.80. The molecule has 0 bridgehead atoms. The Kier molecular flexibility index (Phi) is 3.45. The third kappa shape index (κ3) is 2.32. The smallest absolute Gasteiger partial charge is 0.0610 e. The van der Waals surface area contributed by atoms with Gasteiger partial charge in [0.05, 0.1) is 12.3 Å². The number of aliphatic hydroxyl groups excluding tert-OH is 1. The van der Waals surface area contributed by atoms with E-state index in [4.69, 9.17) is 5.11 Å². The standard InChI is InChI=1S/C15H17NO/c1-12-8-9-13(2)16(10-11-17)15(12)14-6-4-3-5-7-14/h3-9,17H,2,10-11H2,1H3. The zero-order valence-electron chi connectivity index (χ0n) is 10.1. The van der Waals surface area contributed by atoms with Crippen LogP contribution in [0.2, 0.25) is 0 Å². The second-order valence-electron chi connectivity index (χ2n) is 4.10. The highest BCUT2D eigenvalue weighted by Crippen LogP contribution is 2.30. The van der Waals surface area contributed by atoms with Crippen LogP contribution < -0.4 is 0 Å². The van der Waals surface area contributed by atoms with Crippen LogP contribution in [0.15, 0.2) is 60.3 Å². The topological polar surface area (TPSA) is 23.5 Å². The lowest BCUT2D eigenvalue weighted by molar-refractivity contribution is 0.263. The van der Waals surface area contributed by atoms with Crippen molar-refractivity contribution in [2.75, 3.05) is 13.2 Å². The number of benzene rings is 1. The third-order valence-electron chi connectivity index (χ3n) is 2.89. The van der Waals surface area contributed by atoms with Gasteiger partial charge in [0, 0.05) is 12.2 Å². The fourth-order valence-corrected chi connectivity index (χ4v) is 2.08. The summed E-state index contributed by atoms with van der Waals surface area (Å²) in [6, 6.07) is 10.2. The van der Waals surface area contributed by atoms with Gasteiger partial charge < -0.3 is 10.0 Å². The van der Waals surface area contributed by atoms with Crippen molar-refractivity contribution in [1.29, 1.82) is 0 Å². The number of aliphatic hydroxyl groups is 1. The summed E-state index contributed by atoms with van der Waals surface area (Å²) < 4.78 is 0. The molecule has 2 heteroatoms. The van der Waals surface area contributed by atoms with Gasteiger partial charge in [-0.3, -0.25) is 0 Å². The van der Waals surface area contributed by atoms with Crippen LogP contribution in [0.3, 0.4) is 0 Å². The van der Waals surface area contributed by atoms with Gasteiger partial charge in [-0.1, -0.05) is 43.0 Å². The SMILES string of the molecule is C=C1C=CC(C)=C(c2ccccc2)N1CCO. The Morgan fingerprint density at radius 1 is 1.18 bits per heavy atom. The van der Waals surface area contributed by atoms with Crippen LogP contribution in [0.4, 0.5) is 0 Å². The molecule has 0 saturated carbocycles. The average molecular weight is 227 g/mol. The van der Waals surface area contributed by atoms with Gasteiger partial charge in [-0.2, -0.15) is 0 Å². The first kappa shape index (κ1) is 11.7. The molecule has 1 aliphatic heterocycles. The lowest BCUT2D eigenvalue weighted by atomic mass is 10.0. The third-order valence-corrected chi connectivity index (χ3v) is 2.89. The first-order valence-corrected chi connectivity index (χ1v) is 5.75. The highest BCUT2D eigenvalue weighted by atomic mass is 16.3. The fourth-order valence-electron chi connectivity index (χ4n) is 2.08. The number of hydrogen-bond acceptors (Lipinski definition) is 2. The Bertz CT molecular complexity index is 471. The normalized spacial score (nSPS) is 15.6. The molecule has 0 saturated heterocycles. The minimum absolute atomic E-state index is 0.122. The largest absolute Gasteiger partial charge is 0.395 e. The van der Waals surface area contributed by atoms with Crippen LogP contribution in [0.1, 0.15) is 12.5 Å². The second kappa shape index (κ2) is 5.02. The molecule has 0 aliphatic carbocycles. The first-order chi connectivity index (χ1) is 8.24. The molecule has 2 nitrogen and oxygen atoms in total. The number of hydrogen-bond donors (Lipinski definition) is 1. The van der Waals surface area contributed by atoms with Crippen molar-refractivity contribution in [3.05, 3.63) is 65.9 Å². The molecule has 88 valence electrons. The van der Waals surface area contributed by atoms with Gasteiger partial charge in [0.2, 0.25) is 0 Å². The number of β-amino-alcohol motifs (C(OH)–C–C–N with tert-alkyl or cyclic N) is 1. The maximum atomic E-state index is 9.16. The zero-order valence-corrected chi connectivity index (χ0v) is 10.1. The van der Waals surface area contributed by atoms with Crippen molar-refractivity contribution in [3.8, 4) is 0 Å². The van der Waals surface area contributed by atoms with E-state index in [2.05, 4.69) is 36.6 Å². The molecule has 2 rings (SSSR count). The highest BCUT2D eigenvalue weighted by Gasteiger charge is 2.18. The Morgan fingerprint density at radius 2 is 1.88 bits per heavy atom. The number of nitrogens with zero attached hydrogens (tertiary/aromatic N) is 1. The summed E-state index contributed by atoms with van der Waals surface area (Å²) in [6.45, 7) is 6.79. The minimum Gasteiger partial charge on any atom is -0.395 e. The molecule has 1 aromatic carbocycles. The summed E-state index contributed by atoms with van der Waals surface area (Å²) >= 11 is 0. The maximum Gasteiger partial charge on any atom is 0.0610 e. The monoisotopic (exact) mass is 227 g/mol. The molecule has 0 atom stereocenters. The lowest BCUT2D eigenvalue weighted by Crippen LogP contribution is -2.26. The van der Waals surface area contributed by atoms with E-state index >= 15 is 0 Å². The lowest BCUT2D eigenvalue weighted by Gasteiger charge is -2.31. The quantitative estimate of drug-likeness (QED) is 0.858. The van der Waals surface area contributed by atoms with Crippen LogP contribution in [0.25, 0.3) is 5.70 Å². The molecule has 1 N–H and O–H groups in total. The van der Waals surface area contributed by atoms with Gasteiger partial charge in [0.15, 0.2) is 0 Å². The summed E-state index contributed by atoms with van der Waals surface area (Å²) in [4.78, 5) is 2.06. The van der Waals surface area contributed by atoms with E-state index in [1.165, 1.54) is 5.57 Å². The summed E-state index contributed by atoms with van der Waals surface area (Å²) in [7, 11) is 0. The van der Waals surface area contributed by atoms with E-state index in [1.807, 2.05) is 24.3 Å². The van der Waals surface area contributed by atoms with E-state index in [9.17, 15) is 0 Å². The van der Waals surface area contributed by atoms with Gasteiger partial charge in [-0.05, 0) is 24.1 Å². The van der Waals surface area contributed by atoms with Crippen LogP contribution in [0, 0.1) is 0 Å². The molecule has 1 aliphatic rings. The molecule has 0 fully saturated rings. The summed E-state index contributed by atoms with van der Waals surface area (Å²) in [5, 5.41) is 9.16. The second-order valence-corrected chi connectivity index (χ2v) is 4.10. The van der Waals surface area contributed by atoms with E-state index in [0.29, 0.717) is 6.54 Å². The average Bonchev–Trinajstić information content (AvgIpc) is 2.35. The van der Waals surface area contributed by atoms with Crippen LogP contribution in [0.5, 0.6) is 0 Å². The van der Waals surface area contributed by atoms with Crippen LogP contribution in [-0.4, -0.2) is 23.2 Å². The Labute approximate surface area is 102 Å². The molecule has 0 spiro atoms. The molecule has 17 heavy (non-hydrogen) atoms. The molecule has 0 unspecified atom stereocenters. The fraction of sp³-hybridized carbons (Fsp3) is 0.200. The predicted octanol–water partition coefficient (Wildman–Crippen LogP) is 2.80. The van der Waals surface area contributed by atoms with Crippen molar-refractivity contribution >= 4 is 5.70 Å². The molecular weight excluding hydrogens is 210 g/mol. The van der Waals surface area contributed by atoms with Gasteiger partial charge in [0.1, 0.15) is 0 Å². The van der Waals surface area contributed by atoms with Gasteiger partial charge in [-0.25, -0.2) is 0 Å². The molecule has 0 radical (unpaired) electrons. The molecule has 0 amide bonds. The molecule has 1 heterocycles. The summed E-state index contributed by atoms with van der Waals surface area (Å²) in [6.07, 6.45) is 4.05. The van der Waals surface area contributed by atoms with E-state index in [1.54, 1.807) is 0 Å². The van der Waals surface area contributed by atoms with Gasteiger partial charge in [-0.15, -0.1) is 0 Å². The number of rotatable bonds is 3. The van der Waals surface area contributed by atoms with E-state index in [-0.39, 0.29) is 6.61 Å². The molecular formula is C15H17NO. The molecule has 0 aromatic heterocycles. The predicted molar refractivity (Wildman–Crippen MR) is 71.1 cm³/mol. The Balaban J connectivity index is 2.46. The van der Waals surface area contributed by atoms with Crippen LogP contribution in [-0.2, 0) is 0 Å². The van der Waals surface area contributed by atoms with E-state index in [0.717, 1.165) is 17.0 Å². The minimum atomic E-state index is 0.122. The van der Waals surface area contributed by atoms with Crippen molar-refractivity contribution < 1.29 is 5.11 Å². The molecule has 1 aromatic rings. The van der Waals surface area contributed by atoms with E-state index < -0.39 is 0 Å². The van der Waals surface area contributed by atoms with Gasteiger partial charge in [0.25, 0.3) is 0 Å². The van der Waals surface area contributed by atoms with Crippen molar-refractivity contribution in [2.24, 2.45) is 0 Å². The Morgan fingerprint density at radius 3 is 2.53 bits per heavy atom. The van der Waals surface area contributed by atoms with Crippen LogP contribution >= 0.6 is 0 Å².